The van der Waals surface area contributed by atoms with Crippen LogP contribution in [0.3, 0.4) is 0 Å². The standard InChI is InChI=1S/C9H11F5/c10-7(8(11)9(12,13)14)6-4-2-1-3-5-6/h6H,1-5H2/b8-7+. The van der Waals surface area contributed by atoms with E-state index in [4.69, 9.17) is 0 Å². The van der Waals surface area contributed by atoms with Gasteiger partial charge in [0.1, 0.15) is 5.83 Å². The largest absolute Gasteiger partial charge is 0.445 e. The summed E-state index contributed by atoms with van der Waals surface area (Å²) in [4.78, 5) is 0. The van der Waals surface area contributed by atoms with Crippen LogP contribution < -0.4 is 0 Å². The summed E-state index contributed by atoms with van der Waals surface area (Å²) >= 11 is 0. The molecular weight excluding hydrogens is 203 g/mol. The Bertz CT molecular complexity index is 222. The highest BCUT2D eigenvalue weighted by Crippen LogP contribution is 2.37. The van der Waals surface area contributed by atoms with Crippen molar-refractivity contribution < 1.29 is 22.0 Å². The fourth-order valence-electron chi connectivity index (χ4n) is 1.67. The van der Waals surface area contributed by atoms with Crippen LogP contribution in [-0.4, -0.2) is 6.18 Å². The molecule has 1 aliphatic rings. The van der Waals surface area contributed by atoms with Crippen LogP contribution in [0.4, 0.5) is 22.0 Å². The Morgan fingerprint density at radius 2 is 1.43 bits per heavy atom. The second-order valence-electron chi connectivity index (χ2n) is 3.49. The van der Waals surface area contributed by atoms with Gasteiger partial charge in [0.15, 0.2) is 0 Å². The Morgan fingerprint density at radius 3 is 1.86 bits per heavy atom. The topological polar surface area (TPSA) is 0 Å². The summed E-state index contributed by atoms with van der Waals surface area (Å²) in [6.45, 7) is 0. The molecule has 0 unspecified atom stereocenters. The van der Waals surface area contributed by atoms with E-state index in [-0.39, 0.29) is 0 Å². The highest BCUT2D eigenvalue weighted by atomic mass is 19.4. The SMILES string of the molecule is F/C(=C(/F)C(F)(F)F)C1CCCCC1. The predicted molar refractivity (Wildman–Crippen MR) is 41.9 cm³/mol. The Morgan fingerprint density at radius 1 is 0.929 bits per heavy atom. The maximum absolute atomic E-state index is 13.0. The first-order valence-corrected chi connectivity index (χ1v) is 4.55. The van der Waals surface area contributed by atoms with Gasteiger partial charge >= 0.3 is 6.18 Å². The smallest absolute Gasteiger partial charge is 0.208 e. The number of hydrogen-bond acceptors (Lipinski definition) is 0. The van der Waals surface area contributed by atoms with Crippen molar-refractivity contribution in [1.82, 2.24) is 0 Å². The van der Waals surface area contributed by atoms with Crippen LogP contribution in [0.15, 0.2) is 11.7 Å². The Hall–Kier alpha value is -0.610. The van der Waals surface area contributed by atoms with E-state index in [1.54, 1.807) is 0 Å². The molecule has 0 radical (unpaired) electrons. The molecule has 82 valence electrons. The van der Waals surface area contributed by atoms with Crippen molar-refractivity contribution in [2.75, 3.05) is 0 Å². The monoisotopic (exact) mass is 214 g/mol. The lowest BCUT2D eigenvalue weighted by molar-refractivity contribution is -0.112. The summed E-state index contributed by atoms with van der Waals surface area (Å²) in [5.41, 5.74) is 0. The van der Waals surface area contributed by atoms with Crippen molar-refractivity contribution in [2.45, 2.75) is 38.3 Å². The van der Waals surface area contributed by atoms with Crippen LogP contribution in [0.5, 0.6) is 0 Å². The van der Waals surface area contributed by atoms with Crippen LogP contribution in [0.1, 0.15) is 32.1 Å². The summed E-state index contributed by atoms with van der Waals surface area (Å²) in [7, 11) is 0. The Labute approximate surface area is 78.8 Å². The second kappa shape index (κ2) is 4.28. The molecule has 0 heterocycles. The van der Waals surface area contributed by atoms with Gasteiger partial charge in [-0.1, -0.05) is 19.3 Å². The van der Waals surface area contributed by atoms with Gasteiger partial charge in [-0.2, -0.15) is 17.6 Å². The lowest BCUT2D eigenvalue weighted by atomic mass is 9.88. The van der Waals surface area contributed by atoms with E-state index in [1.165, 1.54) is 0 Å². The van der Waals surface area contributed by atoms with Gasteiger partial charge < -0.3 is 0 Å². The first-order valence-electron chi connectivity index (χ1n) is 4.55. The minimum absolute atomic E-state index is 0.315. The Kier molecular flexibility index (Phi) is 3.50. The van der Waals surface area contributed by atoms with E-state index in [9.17, 15) is 22.0 Å². The molecule has 0 aliphatic heterocycles. The average Bonchev–Trinajstić information content (AvgIpc) is 2.15. The molecule has 14 heavy (non-hydrogen) atoms. The van der Waals surface area contributed by atoms with Crippen molar-refractivity contribution in [2.24, 2.45) is 5.92 Å². The van der Waals surface area contributed by atoms with Crippen molar-refractivity contribution in [1.29, 1.82) is 0 Å². The summed E-state index contributed by atoms with van der Waals surface area (Å²) in [5.74, 6) is -5.04. The molecule has 0 nitrogen and oxygen atoms in total. The van der Waals surface area contributed by atoms with E-state index >= 15 is 0 Å². The van der Waals surface area contributed by atoms with Crippen LogP contribution in [0, 0.1) is 5.92 Å². The molecule has 0 aromatic heterocycles. The van der Waals surface area contributed by atoms with E-state index in [2.05, 4.69) is 0 Å². The molecule has 5 heteroatoms. The third kappa shape index (κ3) is 2.69. The van der Waals surface area contributed by atoms with Gasteiger partial charge in [0.05, 0.1) is 0 Å². The number of allylic oxidation sites excluding steroid dienone is 2. The minimum atomic E-state index is -5.18. The summed E-state index contributed by atoms with van der Waals surface area (Å²) < 4.78 is 60.8. The normalized spacial score (nSPS) is 22.1. The molecule has 1 aliphatic carbocycles. The summed E-state index contributed by atoms with van der Waals surface area (Å²) in [6.07, 6.45) is -2.32. The number of alkyl halides is 3. The van der Waals surface area contributed by atoms with Gasteiger partial charge in [-0.3, -0.25) is 0 Å². The first kappa shape index (κ1) is 11.5. The van der Waals surface area contributed by atoms with Crippen molar-refractivity contribution in [3.05, 3.63) is 11.7 Å². The van der Waals surface area contributed by atoms with Crippen LogP contribution in [0.2, 0.25) is 0 Å². The van der Waals surface area contributed by atoms with Gasteiger partial charge in [-0.25, -0.2) is 4.39 Å². The van der Waals surface area contributed by atoms with E-state index in [0.29, 0.717) is 25.7 Å². The van der Waals surface area contributed by atoms with Crippen LogP contribution in [-0.2, 0) is 0 Å². The molecule has 1 fully saturated rings. The molecule has 0 N–H and O–H groups in total. The van der Waals surface area contributed by atoms with Gasteiger partial charge in [0.2, 0.25) is 5.83 Å². The molecule has 1 rings (SSSR count). The second-order valence-corrected chi connectivity index (χ2v) is 3.49. The zero-order chi connectivity index (χ0) is 10.8. The zero-order valence-electron chi connectivity index (χ0n) is 7.50. The Balaban J connectivity index is 2.74. The van der Waals surface area contributed by atoms with Gasteiger partial charge in [0, 0.05) is 5.92 Å². The summed E-state index contributed by atoms with van der Waals surface area (Å²) in [6, 6.07) is 0. The summed E-state index contributed by atoms with van der Waals surface area (Å²) in [5, 5.41) is 0. The molecule has 0 atom stereocenters. The minimum Gasteiger partial charge on any atom is -0.208 e. The molecule has 0 aromatic carbocycles. The van der Waals surface area contributed by atoms with Crippen molar-refractivity contribution in [3.63, 3.8) is 0 Å². The van der Waals surface area contributed by atoms with E-state index in [0.717, 1.165) is 6.42 Å². The number of hydrogen-bond donors (Lipinski definition) is 0. The third-order valence-electron chi connectivity index (χ3n) is 2.42. The maximum atomic E-state index is 13.0. The lowest BCUT2D eigenvalue weighted by Gasteiger charge is -2.20. The van der Waals surface area contributed by atoms with Gasteiger partial charge in [0.25, 0.3) is 0 Å². The van der Waals surface area contributed by atoms with Crippen LogP contribution in [0.25, 0.3) is 0 Å². The number of halogens is 5. The van der Waals surface area contributed by atoms with Crippen molar-refractivity contribution >= 4 is 0 Å². The average molecular weight is 214 g/mol. The molecular formula is C9H11F5. The predicted octanol–water partition coefficient (Wildman–Crippen LogP) is 4.28. The first-order chi connectivity index (χ1) is 6.43. The highest BCUT2D eigenvalue weighted by molar-refractivity contribution is 5.09. The molecule has 0 spiro atoms. The molecule has 1 saturated carbocycles. The molecule has 0 aromatic rings. The number of rotatable bonds is 1. The quantitative estimate of drug-likeness (QED) is 0.571. The van der Waals surface area contributed by atoms with E-state index in [1.807, 2.05) is 0 Å². The molecule has 0 amide bonds. The molecule has 0 bridgehead atoms. The van der Waals surface area contributed by atoms with Crippen molar-refractivity contribution in [3.8, 4) is 0 Å². The van der Waals surface area contributed by atoms with Gasteiger partial charge in [-0.05, 0) is 12.8 Å². The molecule has 0 saturated heterocycles. The lowest BCUT2D eigenvalue weighted by Crippen LogP contribution is -2.15. The van der Waals surface area contributed by atoms with Gasteiger partial charge in [-0.15, -0.1) is 0 Å². The fraction of sp³-hybridized carbons (Fsp3) is 0.778. The zero-order valence-corrected chi connectivity index (χ0v) is 7.50. The van der Waals surface area contributed by atoms with Crippen LogP contribution >= 0.6 is 0 Å². The third-order valence-corrected chi connectivity index (χ3v) is 2.42. The van der Waals surface area contributed by atoms with E-state index < -0.39 is 23.7 Å². The highest BCUT2D eigenvalue weighted by Gasteiger charge is 2.40. The fourth-order valence-corrected chi connectivity index (χ4v) is 1.67. The maximum Gasteiger partial charge on any atom is 0.445 e.